The largest absolute Gasteiger partial charge is 0.393 e. The Hall–Kier alpha value is -1.73. The van der Waals surface area contributed by atoms with E-state index in [-0.39, 0.29) is 36.1 Å². The van der Waals surface area contributed by atoms with Gasteiger partial charge in [0.2, 0.25) is 5.67 Å². The molecule has 0 spiro atoms. The topological polar surface area (TPSA) is 82.5 Å². The van der Waals surface area contributed by atoms with Gasteiger partial charge in [0.15, 0.2) is 0 Å². The summed E-state index contributed by atoms with van der Waals surface area (Å²) in [5.41, 5.74) is -3.09. The fourth-order valence-electron chi connectivity index (χ4n) is 3.90. The van der Waals surface area contributed by atoms with Gasteiger partial charge < -0.3 is 15.5 Å². The molecule has 5 nitrogen and oxygen atoms in total. The van der Waals surface area contributed by atoms with E-state index in [0.717, 1.165) is 5.56 Å². The van der Waals surface area contributed by atoms with E-state index < -0.39 is 23.8 Å². The van der Waals surface area contributed by atoms with E-state index in [9.17, 15) is 15.0 Å². The SMILES string of the molecule is O=C(N[C@@H]1C[C@H]1c1ccc(Cl)cc1Cl)[C@]1(F)CC[C@@](O)(CO)c2ncccc21. The summed E-state index contributed by atoms with van der Waals surface area (Å²) in [6.45, 7) is -0.589. The monoisotopic (exact) mass is 424 g/mol. The lowest BCUT2D eigenvalue weighted by Gasteiger charge is -2.38. The molecule has 0 saturated heterocycles. The summed E-state index contributed by atoms with van der Waals surface area (Å²) in [4.78, 5) is 16.9. The molecular formula is C20H19Cl2FN2O3. The van der Waals surface area contributed by atoms with Gasteiger partial charge in [-0.3, -0.25) is 9.78 Å². The van der Waals surface area contributed by atoms with Gasteiger partial charge in [-0.15, -0.1) is 0 Å². The van der Waals surface area contributed by atoms with Crippen molar-refractivity contribution in [3.05, 3.63) is 63.4 Å². The summed E-state index contributed by atoms with van der Waals surface area (Å²) in [6.07, 6.45) is 1.72. The Morgan fingerprint density at radius 2 is 2.11 bits per heavy atom. The number of pyridine rings is 1. The molecule has 0 radical (unpaired) electrons. The second-order valence-electron chi connectivity index (χ2n) is 7.48. The standard InChI is InChI=1S/C20H19Cl2FN2O3/c21-11-3-4-12(15(22)8-11)13-9-16(13)25-18(27)20(23)6-5-19(28,10-26)17-14(20)2-1-7-24-17/h1-4,7-8,13,16,26,28H,5-6,9-10H2,(H,25,27)/t13-,16+,19+,20-/m0/s1. The molecule has 0 aliphatic heterocycles. The van der Waals surface area contributed by atoms with Crippen LogP contribution in [0.15, 0.2) is 36.5 Å². The van der Waals surface area contributed by atoms with Gasteiger partial charge in [-0.05, 0) is 43.0 Å². The maximum absolute atomic E-state index is 15.8. The fourth-order valence-corrected chi connectivity index (χ4v) is 4.45. The third-order valence-corrected chi connectivity index (χ3v) is 6.21. The minimum Gasteiger partial charge on any atom is -0.393 e. The molecule has 4 rings (SSSR count). The van der Waals surface area contributed by atoms with E-state index in [4.69, 9.17) is 23.2 Å². The lowest BCUT2D eigenvalue weighted by molar-refractivity contribution is -0.138. The van der Waals surface area contributed by atoms with Crippen molar-refractivity contribution < 1.29 is 19.4 Å². The van der Waals surface area contributed by atoms with Gasteiger partial charge in [0, 0.05) is 33.8 Å². The number of nitrogens with one attached hydrogen (secondary N) is 1. The molecule has 148 valence electrons. The molecule has 4 atom stereocenters. The Balaban J connectivity index is 1.55. The van der Waals surface area contributed by atoms with E-state index in [1.165, 1.54) is 18.3 Å². The van der Waals surface area contributed by atoms with Crippen LogP contribution < -0.4 is 5.32 Å². The maximum atomic E-state index is 15.8. The first-order valence-corrected chi connectivity index (χ1v) is 9.78. The van der Waals surface area contributed by atoms with Gasteiger partial charge in [-0.2, -0.15) is 0 Å². The quantitative estimate of drug-likeness (QED) is 0.703. The molecule has 2 aliphatic rings. The number of amides is 1. The van der Waals surface area contributed by atoms with Crippen LogP contribution in [0.4, 0.5) is 4.39 Å². The number of carbonyl (C=O) groups excluding carboxylic acids is 1. The summed E-state index contributed by atoms with van der Waals surface area (Å²) >= 11 is 12.1. The number of halogens is 3. The number of aliphatic hydroxyl groups is 2. The molecule has 0 bridgehead atoms. The second kappa shape index (κ2) is 6.95. The van der Waals surface area contributed by atoms with Crippen LogP contribution in [0.5, 0.6) is 0 Å². The number of benzene rings is 1. The fraction of sp³-hybridized carbons (Fsp3) is 0.400. The van der Waals surface area contributed by atoms with Crippen LogP contribution in [-0.4, -0.2) is 33.8 Å². The Morgan fingerprint density at radius 1 is 1.32 bits per heavy atom. The average molecular weight is 425 g/mol. The molecule has 3 N–H and O–H groups in total. The lowest BCUT2D eigenvalue weighted by Crippen LogP contribution is -2.49. The Labute approximate surface area is 171 Å². The molecule has 8 heteroatoms. The van der Waals surface area contributed by atoms with Crippen molar-refractivity contribution in [2.24, 2.45) is 0 Å². The molecule has 2 aromatic rings. The number of fused-ring (bicyclic) bond motifs is 1. The first kappa shape index (κ1) is 19.6. The van der Waals surface area contributed by atoms with Gasteiger partial charge >= 0.3 is 0 Å². The van der Waals surface area contributed by atoms with Crippen LogP contribution in [0, 0.1) is 0 Å². The number of hydrogen-bond acceptors (Lipinski definition) is 4. The highest BCUT2D eigenvalue weighted by Gasteiger charge is 2.53. The van der Waals surface area contributed by atoms with E-state index in [0.29, 0.717) is 16.5 Å². The van der Waals surface area contributed by atoms with E-state index in [1.54, 1.807) is 12.1 Å². The summed E-state index contributed by atoms with van der Waals surface area (Å²) in [5, 5.41) is 23.9. The molecule has 0 unspecified atom stereocenters. The van der Waals surface area contributed by atoms with Crippen LogP contribution in [0.2, 0.25) is 10.0 Å². The number of nitrogens with zero attached hydrogens (tertiary/aromatic N) is 1. The molecule has 1 amide bonds. The molecule has 1 saturated carbocycles. The van der Waals surface area contributed by atoms with E-state index in [1.807, 2.05) is 6.07 Å². The van der Waals surface area contributed by atoms with Crippen molar-refractivity contribution in [2.75, 3.05) is 6.61 Å². The number of alkyl halides is 1. The van der Waals surface area contributed by atoms with Crippen molar-refractivity contribution in [1.82, 2.24) is 10.3 Å². The van der Waals surface area contributed by atoms with Crippen molar-refractivity contribution in [1.29, 1.82) is 0 Å². The third-order valence-electron chi connectivity index (χ3n) is 5.65. The third kappa shape index (κ3) is 3.18. The zero-order valence-corrected chi connectivity index (χ0v) is 16.3. The summed E-state index contributed by atoms with van der Waals surface area (Å²) < 4.78 is 15.8. The Morgan fingerprint density at radius 3 is 2.82 bits per heavy atom. The van der Waals surface area contributed by atoms with Gasteiger partial charge in [0.25, 0.3) is 5.91 Å². The second-order valence-corrected chi connectivity index (χ2v) is 8.32. The average Bonchev–Trinajstić information content (AvgIpc) is 3.44. The first-order chi connectivity index (χ1) is 13.3. The zero-order chi connectivity index (χ0) is 20.1. The van der Waals surface area contributed by atoms with Crippen molar-refractivity contribution in [3.8, 4) is 0 Å². The highest BCUT2D eigenvalue weighted by atomic mass is 35.5. The molecule has 1 fully saturated rings. The van der Waals surface area contributed by atoms with Crippen molar-refractivity contribution in [2.45, 2.75) is 42.5 Å². The summed E-state index contributed by atoms with van der Waals surface area (Å²) in [6, 6.07) is 7.91. The molecule has 2 aliphatic carbocycles. The van der Waals surface area contributed by atoms with Gasteiger partial charge in [0.05, 0.1) is 12.3 Å². The van der Waals surface area contributed by atoms with E-state index in [2.05, 4.69) is 10.3 Å². The zero-order valence-electron chi connectivity index (χ0n) is 14.8. The number of carbonyl (C=O) groups is 1. The number of hydrogen-bond donors (Lipinski definition) is 3. The summed E-state index contributed by atoms with van der Waals surface area (Å²) in [7, 11) is 0. The smallest absolute Gasteiger partial charge is 0.262 e. The maximum Gasteiger partial charge on any atom is 0.262 e. The number of aliphatic hydroxyl groups excluding tert-OH is 1. The van der Waals surface area contributed by atoms with Gasteiger partial charge in [0.1, 0.15) is 5.60 Å². The first-order valence-electron chi connectivity index (χ1n) is 9.02. The van der Waals surface area contributed by atoms with Gasteiger partial charge in [-0.25, -0.2) is 4.39 Å². The minimum absolute atomic E-state index is 0.00275. The summed E-state index contributed by atoms with van der Waals surface area (Å²) in [5.74, 6) is -0.761. The molecule has 1 heterocycles. The predicted molar refractivity (Wildman–Crippen MR) is 103 cm³/mol. The molecule has 28 heavy (non-hydrogen) atoms. The molecule has 1 aromatic carbocycles. The minimum atomic E-state index is -2.32. The van der Waals surface area contributed by atoms with Crippen molar-refractivity contribution in [3.63, 3.8) is 0 Å². The Kier molecular flexibility index (Phi) is 4.86. The van der Waals surface area contributed by atoms with Crippen LogP contribution in [-0.2, 0) is 16.1 Å². The molecular weight excluding hydrogens is 406 g/mol. The Bertz CT molecular complexity index is 943. The molecule has 1 aromatic heterocycles. The number of rotatable bonds is 4. The van der Waals surface area contributed by atoms with Crippen LogP contribution >= 0.6 is 23.2 Å². The van der Waals surface area contributed by atoms with Crippen molar-refractivity contribution >= 4 is 29.1 Å². The van der Waals surface area contributed by atoms with Crippen LogP contribution in [0.1, 0.15) is 42.0 Å². The van der Waals surface area contributed by atoms with Gasteiger partial charge in [-0.1, -0.05) is 35.3 Å². The highest BCUT2D eigenvalue weighted by molar-refractivity contribution is 6.35. The van der Waals surface area contributed by atoms with Crippen LogP contribution in [0.3, 0.4) is 0 Å². The predicted octanol–water partition coefficient (Wildman–Crippen LogP) is 3.20. The van der Waals surface area contributed by atoms with Crippen LogP contribution in [0.25, 0.3) is 0 Å². The number of aromatic nitrogens is 1. The lowest BCUT2D eigenvalue weighted by atomic mass is 9.74. The highest BCUT2D eigenvalue weighted by Crippen LogP contribution is 2.48. The normalized spacial score (nSPS) is 31.2. The van der Waals surface area contributed by atoms with E-state index >= 15 is 4.39 Å².